The summed E-state index contributed by atoms with van der Waals surface area (Å²) in [5.41, 5.74) is 1.14. The highest BCUT2D eigenvalue weighted by Gasteiger charge is 2.42. The molecule has 3 aliphatic rings. The number of nitrogens with zero attached hydrogens (tertiary/aromatic N) is 4. The predicted molar refractivity (Wildman–Crippen MR) is 292 cm³/mol. The number of carbonyl (C=O) groups is 6. The molecule has 6 N–H and O–H groups in total. The summed E-state index contributed by atoms with van der Waals surface area (Å²) in [6, 6.07) is 23.4. The SMILES string of the molecule is C=CC(=O)Nc1cc(Nc2cc(Oc3ccc(Oc4ccccc4)cc3)ncn2)cc(C(=O)N2CCN(C(=O)CCCC(=O)NCCCOCCOCCOCCCNC(=O)CCCC[C@@H]3SC[C@@H]4NC(=O)N[C@@H]43)CC2)c1. The molecule has 412 valence electrons. The smallest absolute Gasteiger partial charge is 0.315 e. The van der Waals surface area contributed by atoms with E-state index in [-0.39, 0.29) is 60.5 Å². The largest absolute Gasteiger partial charge is 0.457 e. The highest BCUT2D eigenvalue weighted by molar-refractivity contribution is 8.00. The zero-order chi connectivity index (χ0) is 54.0. The lowest BCUT2D eigenvalue weighted by Gasteiger charge is -2.35. The van der Waals surface area contributed by atoms with Crippen LogP contribution in [0.15, 0.2) is 97.8 Å². The molecule has 22 heteroatoms. The van der Waals surface area contributed by atoms with Crippen LogP contribution in [0.4, 0.5) is 22.0 Å². The van der Waals surface area contributed by atoms with Crippen LogP contribution in [0.25, 0.3) is 0 Å². The quantitative estimate of drug-likeness (QED) is 0.0182. The number of anilines is 3. The van der Waals surface area contributed by atoms with Crippen molar-refractivity contribution in [2.24, 2.45) is 0 Å². The summed E-state index contributed by atoms with van der Waals surface area (Å²) >= 11 is 1.89. The van der Waals surface area contributed by atoms with E-state index in [0.717, 1.165) is 37.5 Å². The lowest BCUT2D eigenvalue weighted by atomic mass is 10.0. The van der Waals surface area contributed by atoms with Gasteiger partial charge in [0.25, 0.3) is 5.91 Å². The third kappa shape index (κ3) is 19.7. The van der Waals surface area contributed by atoms with Crippen molar-refractivity contribution in [2.75, 3.05) is 95.3 Å². The minimum atomic E-state index is -0.449. The highest BCUT2D eigenvalue weighted by Crippen LogP contribution is 2.33. The Morgan fingerprint density at radius 1 is 0.675 bits per heavy atom. The Bertz CT molecular complexity index is 2570. The van der Waals surface area contributed by atoms with E-state index >= 15 is 0 Å². The fraction of sp³-hybridized carbons (Fsp3) is 0.455. The van der Waals surface area contributed by atoms with Gasteiger partial charge in [0, 0.05) is 106 Å². The molecule has 0 bridgehead atoms. The van der Waals surface area contributed by atoms with Crippen molar-refractivity contribution in [3.8, 4) is 23.1 Å². The van der Waals surface area contributed by atoms with Crippen LogP contribution >= 0.6 is 11.8 Å². The lowest BCUT2D eigenvalue weighted by molar-refractivity contribution is -0.133. The molecule has 4 aromatic rings. The van der Waals surface area contributed by atoms with Gasteiger partial charge in [-0.3, -0.25) is 24.0 Å². The second-order valence-corrected chi connectivity index (χ2v) is 19.8. The monoisotopic (exact) mass is 1080 g/mol. The van der Waals surface area contributed by atoms with Crippen LogP contribution in [0, 0.1) is 0 Å². The maximum Gasteiger partial charge on any atom is 0.315 e. The summed E-state index contributed by atoms with van der Waals surface area (Å²) in [5, 5.41) is 18.1. The number of ether oxygens (including phenoxy) is 5. The average molecular weight is 1080 g/mol. The first-order chi connectivity index (χ1) is 37.6. The van der Waals surface area contributed by atoms with E-state index in [1.165, 1.54) is 6.33 Å². The van der Waals surface area contributed by atoms with Crippen LogP contribution in [0.1, 0.15) is 68.1 Å². The van der Waals surface area contributed by atoms with Gasteiger partial charge in [-0.1, -0.05) is 31.2 Å². The van der Waals surface area contributed by atoms with Gasteiger partial charge in [0.15, 0.2) is 0 Å². The Kier molecular flexibility index (Phi) is 23.2. The molecule has 3 aromatic carbocycles. The number of piperazine rings is 1. The second-order valence-electron chi connectivity index (χ2n) is 18.5. The van der Waals surface area contributed by atoms with Crippen molar-refractivity contribution in [1.29, 1.82) is 0 Å². The molecule has 3 aliphatic heterocycles. The van der Waals surface area contributed by atoms with Gasteiger partial charge in [0.1, 0.15) is 29.4 Å². The van der Waals surface area contributed by atoms with E-state index < -0.39 is 5.91 Å². The minimum Gasteiger partial charge on any atom is -0.457 e. The Morgan fingerprint density at radius 3 is 1.99 bits per heavy atom. The van der Waals surface area contributed by atoms with Gasteiger partial charge < -0.3 is 65.4 Å². The zero-order valence-electron chi connectivity index (χ0n) is 43.3. The number of benzene rings is 3. The summed E-state index contributed by atoms with van der Waals surface area (Å²) in [5.74, 6) is 2.59. The Morgan fingerprint density at radius 2 is 1.30 bits per heavy atom. The molecule has 77 heavy (non-hydrogen) atoms. The number of nitrogens with one attached hydrogen (secondary N) is 6. The molecular formula is C55H70N10O11S. The number of hydrogen-bond acceptors (Lipinski definition) is 15. The van der Waals surface area contributed by atoms with Crippen molar-refractivity contribution >= 4 is 64.5 Å². The first-order valence-electron chi connectivity index (χ1n) is 26.3. The maximum atomic E-state index is 13.9. The van der Waals surface area contributed by atoms with E-state index in [0.29, 0.717) is 143 Å². The van der Waals surface area contributed by atoms with Crippen LogP contribution in [-0.4, -0.2) is 157 Å². The number of unbranched alkanes of at least 4 members (excludes halogenated alkanes) is 1. The molecule has 0 spiro atoms. The molecule has 3 saturated heterocycles. The van der Waals surface area contributed by atoms with E-state index in [1.54, 1.807) is 58.3 Å². The molecule has 1 aromatic heterocycles. The molecule has 0 saturated carbocycles. The van der Waals surface area contributed by atoms with Crippen molar-refractivity contribution in [1.82, 2.24) is 41.0 Å². The summed E-state index contributed by atoms with van der Waals surface area (Å²) in [7, 11) is 0. The molecule has 7 amide bonds. The van der Waals surface area contributed by atoms with Crippen molar-refractivity contribution in [3.63, 3.8) is 0 Å². The normalized spacial score (nSPS) is 16.6. The van der Waals surface area contributed by atoms with Crippen LogP contribution < -0.4 is 41.4 Å². The van der Waals surface area contributed by atoms with Crippen LogP contribution in [0.3, 0.4) is 0 Å². The van der Waals surface area contributed by atoms with Gasteiger partial charge in [-0.15, -0.1) is 0 Å². The standard InChI is InChI=1S/C55H70N10O11S/c1-2-48(66)61-41-34-39(33-40(35-41)60-47-36-51(59-38-58-47)76-44-19-17-43(18-20-44)75-42-11-4-3-5-12-42)54(70)65-25-23-64(24-26-65)52(69)16-8-15-50(68)57-22-10-28-73-30-32-74-31-29-72-27-9-21-56-49(67)14-7-6-13-46-53-45(37-77-46)62-55(71)63-53/h2-5,11-12,17-20,33-36,38,45-46,53H,1,6-10,13-16,21-32,37H2,(H,56,67)(H,57,68)(H,61,66)(H,58,59,60)(H2,62,63,71)/t45-,46-,53-/m0/s1. The first-order valence-corrected chi connectivity index (χ1v) is 27.3. The average Bonchev–Trinajstić information content (AvgIpc) is 4.00. The fourth-order valence-electron chi connectivity index (χ4n) is 8.72. The molecule has 0 unspecified atom stereocenters. The molecule has 0 radical (unpaired) electrons. The van der Waals surface area contributed by atoms with Gasteiger partial charge in [-0.25, -0.2) is 14.8 Å². The fourth-order valence-corrected chi connectivity index (χ4v) is 10.3. The number of amides is 7. The molecule has 21 nitrogen and oxygen atoms in total. The minimum absolute atomic E-state index is 0.0527. The second kappa shape index (κ2) is 31.1. The third-order valence-electron chi connectivity index (χ3n) is 12.7. The molecule has 7 rings (SSSR count). The molecule has 0 aliphatic carbocycles. The summed E-state index contributed by atoms with van der Waals surface area (Å²) in [6.07, 6.45) is 7.97. The Balaban J connectivity index is 0.695. The van der Waals surface area contributed by atoms with Crippen molar-refractivity contribution in [2.45, 2.75) is 75.1 Å². The number of fused-ring (bicyclic) bond motifs is 1. The number of para-hydroxylation sites is 1. The summed E-state index contributed by atoms with van der Waals surface area (Å²) in [4.78, 5) is 87.3. The van der Waals surface area contributed by atoms with Crippen LogP contribution in [-0.2, 0) is 33.4 Å². The predicted octanol–water partition coefficient (Wildman–Crippen LogP) is 6.17. The van der Waals surface area contributed by atoms with Gasteiger partial charge >= 0.3 is 6.03 Å². The van der Waals surface area contributed by atoms with Gasteiger partial charge in [0.2, 0.25) is 29.5 Å². The topological polar surface area (TPSA) is 253 Å². The Labute approximate surface area is 453 Å². The number of rotatable bonds is 32. The molecule has 4 heterocycles. The number of hydrogen-bond donors (Lipinski definition) is 6. The number of aromatic nitrogens is 2. The van der Waals surface area contributed by atoms with Gasteiger partial charge in [-0.2, -0.15) is 11.8 Å². The first kappa shape index (κ1) is 57.4. The summed E-state index contributed by atoms with van der Waals surface area (Å²) in [6.45, 7) is 8.60. The van der Waals surface area contributed by atoms with Gasteiger partial charge in [-0.05, 0) is 92.8 Å². The van der Waals surface area contributed by atoms with Gasteiger partial charge in [0.05, 0.1) is 38.5 Å². The third-order valence-corrected chi connectivity index (χ3v) is 14.2. The van der Waals surface area contributed by atoms with E-state index in [4.69, 9.17) is 23.7 Å². The number of thioether (sulfide) groups is 1. The number of carbonyl (C=O) groups excluding carboxylic acids is 6. The lowest BCUT2D eigenvalue weighted by Crippen LogP contribution is -2.50. The highest BCUT2D eigenvalue weighted by atomic mass is 32.2. The van der Waals surface area contributed by atoms with E-state index in [9.17, 15) is 28.8 Å². The van der Waals surface area contributed by atoms with Crippen LogP contribution in [0.2, 0.25) is 0 Å². The molecule has 3 fully saturated rings. The van der Waals surface area contributed by atoms with Crippen molar-refractivity contribution in [3.05, 3.63) is 103 Å². The zero-order valence-corrected chi connectivity index (χ0v) is 44.2. The van der Waals surface area contributed by atoms with Crippen molar-refractivity contribution < 1.29 is 52.5 Å². The van der Waals surface area contributed by atoms with E-state index in [1.807, 2.05) is 42.1 Å². The van der Waals surface area contributed by atoms with E-state index in [2.05, 4.69) is 48.4 Å². The summed E-state index contributed by atoms with van der Waals surface area (Å²) < 4.78 is 28.6. The molecular weight excluding hydrogens is 1010 g/mol. The Hall–Kier alpha value is -7.27. The number of urea groups is 1. The molecule has 3 atom stereocenters. The maximum absolute atomic E-state index is 13.9. The van der Waals surface area contributed by atoms with Crippen LogP contribution in [0.5, 0.6) is 23.1 Å².